The molecule has 3 rings (SSSR count). The smallest absolute Gasteiger partial charge is 0.262 e. The maximum Gasteiger partial charge on any atom is 0.262 e. The Hall–Kier alpha value is -2.78. The fourth-order valence-corrected chi connectivity index (χ4v) is 3.77. The van der Waals surface area contributed by atoms with Crippen molar-refractivity contribution >= 4 is 35.0 Å². The molecule has 29 heavy (non-hydrogen) atoms. The van der Waals surface area contributed by atoms with Gasteiger partial charge in [0.15, 0.2) is 6.61 Å². The minimum Gasteiger partial charge on any atom is -0.477 e. The molecule has 9 heteroatoms. The van der Waals surface area contributed by atoms with Crippen LogP contribution in [0, 0.1) is 0 Å². The minimum atomic E-state index is -0.411. The molecule has 0 unspecified atom stereocenters. The second kappa shape index (κ2) is 10.1. The molecule has 2 N–H and O–H groups in total. The van der Waals surface area contributed by atoms with Crippen LogP contribution in [0.4, 0.5) is 11.4 Å². The molecule has 0 aliphatic carbocycles. The van der Waals surface area contributed by atoms with Gasteiger partial charge in [-0.1, -0.05) is 0 Å². The molecule has 0 spiro atoms. The van der Waals surface area contributed by atoms with Crippen LogP contribution in [0.25, 0.3) is 0 Å². The zero-order valence-corrected chi connectivity index (χ0v) is 16.9. The molecule has 0 bridgehead atoms. The minimum absolute atomic E-state index is 0.000828. The van der Waals surface area contributed by atoms with E-state index in [0.717, 1.165) is 24.6 Å². The van der Waals surface area contributed by atoms with Crippen molar-refractivity contribution in [1.82, 2.24) is 4.90 Å². The van der Waals surface area contributed by atoms with Gasteiger partial charge in [0.05, 0.1) is 6.54 Å². The summed E-state index contributed by atoms with van der Waals surface area (Å²) in [6, 6.07) is 8.07. The Morgan fingerprint density at radius 1 is 1.14 bits per heavy atom. The normalized spacial score (nSPS) is 14.2. The Morgan fingerprint density at radius 3 is 2.41 bits per heavy atom. The van der Waals surface area contributed by atoms with Gasteiger partial charge in [0.2, 0.25) is 17.1 Å². The van der Waals surface area contributed by atoms with Gasteiger partial charge in [-0.05, 0) is 24.3 Å². The first-order chi connectivity index (χ1) is 14.0. The summed E-state index contributed by atoms with van der Waals surface area (Å²) in [6.07, 6.45) is 1.26. The lowest BCUT2D eigenvalue weighted by molar-refractivity contribution is -0.118. The lowest BCUT2D eigenvalue weighted by Gasteiger charge is -2.25. The molecule has 1 fully saturated rings. The van der Waals surface area contributed by atoms with Crippen LogP contribution in [0.2, 0.25) is 0 Å². The molecule has 0 radical (unpaired) electrons. The van der Waals surface area contributed by atoms with E-state index >= 15 is 0 Å². The molecule has 154 valence electrons. The lowest BCUT2D eigenvalue weighted by atomic mass is 10.2. The average Bonchev–Trinajstić information content (AvgIpc) is 2.69. The van der Waals surface area contributed by atoms with Crippen molar-refractivity contribution in [2.45, 2.75) is 13.5 Å². The third kappa shape index (κ3) is 6.65. The fourth-order valence-electron chi connectivity index (χ4n) is 2.79. The predicted molar refractivity (Wildman–Crippen MR) is 112 cm³/mol. The van der Waals surface area contributed by atoms with Crippen LogP contribution in [0.5, 0.6) is 5.75 Å². The molecule has 0 atom stereocenters. The van der Waals surface area contributed by atoms with E-state index in [1.54, 1.807) is 24.3 Å². The van der Waals surface area contributed by atoms with Gasteiger partial charge in [-0.2, -0.15) is 11.8 Å². The third-order valence-corrected chi connectivity index (χ3v) is 5.13. The van der Waals surface area contributed by atoms with E-state index in [2.05, 4.69) is 15.5 Å². The van der Waals surface area contributed by atoms with Crippen LogP contribution in [0.15, 0.2) is 45.8 Å². The highest BCUT2D eigenvalue weighted by Crippen LogP contribution is 2.15. The highest BCUT2D eigenvalue weighted by molar-refractivity contribution is 7.99. The van der Waals surface area contributed by atoms with Gasteiger partial charge < -0.3 is 19.8 Å². The maximum absolute atomic E-state index is 12.2. The first-order valence-electron chi connectivity index (χ1n) is 9.22. The molecular weight excluding hydrogens is 394 g/mol. The van der Waals surface area contributed by atoms with Gasteiger partial charge in [0.25, 0.3) is 5.91 Å². The van der Waals surface area contributed by atoms with Gasteiger partial charge in [0, 0.05) is 49.0 Å². The number of carbonyl (C=O) groups excluding carboxylic acids is 2. The van der Waals surface area contributed by atoms with E-state index in [4.69, 9.17) is 9.15 Å². The molecule has 1 aromatic carbocycles. The van der Waals surface area contributed by atoms with Crippen molar-refractivity contribution < 1.29 is 18.7 Å². The molecule has 2 heterocycles. The summed E-state index contributed by atoms with van der Waals surface area (Å²) in [5, 5.41) is 5.30. The van der Waals surface area contributed by atoms with Crippen molar-refractivity contribution in [2.24, 2.45) is 0 Å². The molecule has 2 amide bonds. The number of anilines is 2. The maximum atomic E-state index is 12.2. The summed E-state index contributed by atoms with van der Waals surface area (Å²) in [4.78, 5) is 37.5. The zero-order valence-electron chi connectivity index (χ0n) is 16.1. The Labute approximate surface area is 172 Å². The number of benzene rings is 1. The number of amides is 2. The lowest BCUT2D eigenvalue weighted by Crippen LogP contribution is -2.32. The second-order valence-corrected chi connectivity index (χ2v) is 7.78. The number of thioether (sulfide) groups is 1. The SMILES string of the molecule is CC(=O)Nc1ccc(NC(=O)COc2coc(CN3CCSCC3)cc2=O)cc1. The van der Waals surface area contributed by atoms with Crippen LogP contribution in [-0.4, -0.2) is 47.9 Å². The largest absolute Gasteiger partial charge is 0.477 e. The number of hydrogen-bond acceptors (Lipinski definition) is 7. The Balaban J connectivity index is 1.49. The molecule has 0 saturated carbocycles. The molecule has 2 aromatic rings. The van der Waals surface area contributed by atoms with Crippen LogP contribution in [0.3, 0.4) is 0 Å². The number of hydrogen-bond donors (Lipinski definition) is 2. The first-order valence-corrected chi connectivity index (χ1v) is 10.4. The van der Waals surface area contributed by atoms with Crippen molar-refractivity contribution in [3.05, 3.63) is 52.6 Å². The topological polar surface area (TPSA) is 101 Å². The Kier molecular flexibility index (Phi) is 7.31. The van der Waals surface area contributed by atoms with E-state index in [1.807, 2.05) is 11.8 Å². The summed E-state index contributed by atoms with van der Waals surface area (Å²) in [7, 11) is 0. The van der Waals surface area contributed by atoms with Crippen LogP contribution < -0.4 is 20.8 Å². The summed E-state index contributed by atoms with van der Waals surface area (Å²) < 4.78 is 10.8. The summed E-state index contributed by atoms with van der Waals surface area (Å²) >= 11 is 1.92. The van der Waals surface area contributed by atoms with E-state index in [-0.39, 0.29) is 23.7 Å². The van der Waals surface area contributed by atoms with Crippen LogP contribution in [0.1, 0.15) is 12.7 Å². The van der Waals surface area contributed by atoms with Gasteiger partial charge in [0.1, 0.15) is 12.0 Å². The van der Waals surface area contributed by atoms with Gasteiger partial charge >= 0.3 is 0 Å². The molecule has 1 aromatic heterocycles. The van der Waals surface area contributed by atoms with E-state index in [0.29, 0.717) is 23.7 Å². The predicted octanol–water partition coefficient (Wildman–Crippen LogP) is 2.16. The fraction of sp³-hybridized carbons (Fsp3) is 0.350. The van der Waals surface area contributed by atoms with Crippen molar-refractivity contribution in [1.29, 1.82) is 0 Å². The van der Waals surface area contributed by atoms with Crippen molar-refractivity contribution in [2.75, 3.05) is 41.8 Å². The van der Waals surface area contributed by atoms with Crippen molar-refractivity contribution in [3.8, 4) is 5.75 Å². The average molecular weight is 417 g/mol. The number of ether oxygens (including phenoxy) is 1. The molecule has 8 nitrogen and oxygen atoms in total. The Morgan fingerprint density at radius 2 is 1.79 bits per heavy atom. The molecule has 1 aliphatic heterocycles. The molecule has 1 saturated heterocycles. The first kappa shape index (κ1) is 20.9. The van der Waals surface area contributed by atoms with E-state index < -0.39 is 5.91 Å². The quantitative estimate of drug-likeness (QED) is 0.712. The summed E-state index contributed by atoms with van der Waals surface area (Å²) in [6.45, 7) is 3.63. The standard InChI is InChI=1S/C20H23N3O5S/c1-14(24)21-15-2-4-16(5-3-15)22-20(26)13-28-19-12-27-17(10-18(19)25)11-23-6-8-29-9-7-23/h2-5,10,12H,6-9,11,13H2,1H3,(H,21,24)(H,22,26). The van der Waals surface area contributed by atoms with Gasteiger partial charge in [-0.3, -0.25) is 19.3 Å². The van der Waals surface area contributed by atoms with Crippen LogP contribution >= 0.6 is 11.8 Å². The monoisotopic (exact) mass is 417 g/mol. The van der Waals surface area contributed by atoms with E-state index in [9.17, 15) is 14.4 Å². The Bertz CT molecular complexity index is 907. The van der Waals surface area contributed by atoms with E-state index in [1.165, 1.54) is 19.3 Å². The number of nitrogens with zero attached hydrogens (tertiary/aromatic N) is 1. The summed E-state index contributed by atoms with van der Waals surface area (Å²) in [5.74, 6) is 2.16. The number of nitrogens with one attached hydrogen (secondary N) is 2. The van der Waals surface area contributed by atoms with Crippen molar-refractivity contribution in [3.63, 3.8) is 0 Å². The summed E-state index contributed by atoms with van der Waals surface area (Å²) in [5.41, 5.74) is 0.868. The van der Waals surface area contributed by atoms with Crippen LogP contribution in [-0.2, 0) is 16.1 Å². The second-order valence-electron chi connectivity index (χ2n) is 6.56. The molecular formula is C20H23N3O5S. The number of rotatable bonds is 7. The molecule has 1 aliphatic rings. The third-order valence-electron chi connectivity index (χ3n) is 4.18. The van der Waals surface area contributed by atoms with Gasteiger partial charge in [-0.15, -0.1) is 0 Å². The van der Waals surface area contributed by atoms with Gasteiger partial charge in [-0.25, -0.2) is 0 Å². The highest BCUT2D eigenvalue weighted by Gasteiger charge is 2.14. The highest BCUT2D eigenvalue weighted by atomic mass is 32.2. The zero-order chi connectivity index (χ0) is 20.6. The number of carbonyl (C=O) groups is 2.